The number of carbonyl (C=O) groups excluding carboxylic acids is 1. The van der Waals surface area contributed by atoms with Crippen LogP contribution in [0.1, 0.15) is 77.0 Å². The number of hydrogen-bond acceptors (Lipinski definition) is 6. The zero-order valence-corrected chi connectivity index (χ0v) is 22.9. The summed E-state index contributed by atoms with van der Waals surface area (Å²) in [5.74, 6) is 0.348. The van der Waals surface area contributed by atoms with E-state index in [1.54, 1.807) is 0 Å². The lowest BCUT2D eigenvalue weighted by Crippen LogP contribution is -2.39. The van der Waals surface area contributed by atoms with E-state index < -0.39 is 42.0 Å². The summed E-state index contributed by atoms with van der Waals surface area (Å²) in [5, 5.41) is 11.9. The maximum atomic E-state index is 13.2. The Balaban J connectivity index is 1.18. The van der Waals surface area contributed by atoms with E-state index in [-0.39, 0.29) is 21.4 Å². The summed E-state index contributed by atoms with van der Waals surface area (Å²) < 4.78 is 52.8. The first kappa shape index (κ1) is 25.6. The molecule has 8 atom stereocenters. The predicted octanol–water partition coefficient (Wildman–Crippen LogP) is 4.15. The van der Waals surface area contributed by atoms with E-state index in [1.165, 1.54) is 30.4 Å². The second-order valence-corrected chi connectivity index (χ2v) is 16.6. The molecule has 0 spiro atoms. The first-order valence-corrected chi connectivity index (χ1v) is 17.3. The highest BCUT2D eigenvalue weighted by atomic mass is 32.2. The lowest BCUT2D eigenvalue weighted by molar-refractivity contribution is -0.316. The minimum absolute atomic E-state index is 0.114. The highest BCUT2D eigenvalue weighted by Crippen LogP contribution is 2.52. The molecule has 5 fully saturated rings. The van der Waals surface area contributed by atoms with Crippen LogP contribution in [0.5, 0.6) is 0 Å². The van der Waals surface area contributed by atoms with Crippen molar-refractivity contribution in [1.82, 2.24) is 0 Å². The molecule has 1 saturated heterocycles. The van der Waals surface area contributed by atoms with Crippen LogP contribution in [-0.4, -0.2) is 33.1 Å². The molecule has 0 aromatic carbocycles. The van der Waals surface area contributed by atoms with Gasteiger partial charge in [0.25, 0.3) is 0 Å². The van der Waals surface area contributed by atoms with Gasteiger partial charge < -0.3 is 5.11 Å². The van der Waals surface area contributed by atoms with E-state index in [1.807, 2.05) is 0 Å². The van der Waals surface area contributed by atoms with E-state index in [0.29, 0.717) is 49.4 Å². The summed E-state index contributed by atoms with van der Waals surface area (Å²) in [4.78, 5) is 12.8. The van der Waals surface area contributed by atoms with Crippen molar-refractivity contribution in [2.75, 3.05) is 0 Å². The molecular formula is C29H37O6S2-. The molecule has 6 rings (SSSR count). The Morgan fingerprint density at radius 2 is 1.16 bits per heavy atom. The van der Waals surface area contributed by atoms with Crippen LogP contribution in [-0.2, 0) is 24.5 Å². The maximum absolute atomic E-state index is 13.2. The maximum Gasteiger partial charge on any atom is 0.185 e. The fourth-order valence-corrected chi connectivity index (χ4v) is 13.0. The number of ketones is 1. The lowest BCUT2D eigenvalue weighted by atomic mass is 9.66. The third-order valence-corrected chi connectivity index (χ3v) is 15.0. The van der Waals surface area contributed by atoms with Gasteiger partial charge in [0.1, 0.15) is 4.91 Å². The Hall–Kier alpha value is -1.67. The molecule has 0 radical (unpaired) electrons. The second kappa shape index (κ2) is 9.51. The van der Waals surface area contributed by atoms with E-state index in [9.17, 15) is 26.7 Å². The van der Waals surface area contributed by atoms with Crippen LogP contribution in [0, 0.1) is 35.5 Å². The molecule has 8 unspecified atom stereocenters. The van der Waals surface area contributed by atoms with Crippen molar-refractivity contribution in [2.45, 2.75) is 87.5 Å². The average molecular weight is 546 g/mol. The zero-order valence-electron chi connectivity index (χ0n) is 21.3. The van der Waals surface area contributed by atoms with Gasteiger partial charge in [-0.2, -0.15) is 0 Å². The number of fused-ring (bicyclic) bond motifs is 4. The van der Waals surface area contributed by atoms with Crippen LogP contribution in [0.4, 0.5) is 0 Å². The van der Waals surface area contributed by atoms with Crippen LogP contribution in [0.15, 0.2) is 45.9 Å². The van der Waals surface area contributed by atoms with Crippen LogP contribution in [0.25, 0.3) is 0 Å². The molecule has 4 saturated carbocycles. The molecular weight excluding hydrogens is 508 g/mol. The molecule has 0 aromatic rings. The normalized spacial score (nSPS) is 43.7. The molecule has 6 aliphatic rings. The molecule has 6 nitrogen and oxygen atoms in total. The number of carbonyl (C=O) groups is 1. The molecule has 8 heteroatoms. The van der Waals surface area contributed by atoms with Gasteiger partial charge in [0.15, 0.2) is 25.5 Å². The zero-order chi connectivity index (χ0) is 25.9. The van der Waals surface area contributed by atoms with Crippen LogP contribution >= 0.6 is 0 Å². The number of hydrogen-bond donors (Lipinski definition) is 0. The molecule has 2 heterocycles. The third kappa shape index (κ3) is 4.21. The summed E-state index contributed by atoms with van der Waals surface area (Å²) in [6.45, 7) is 0. The van der Waals surface area contributed by atoms with Crippen molar-refractivity contribution < 1.29 is 26.7 Å². The van der Waals surface area contributed by atoms with E-state index in [2.05, 4.69) is 0 Å². The SMILES string of the molecule is O=C1C(=CC=CC=CC2=C([O-])C3CC4CCCCC4CC3S2(=O)=O)S(=O)(=O)C2CC3CCCCC3CC12. The fourth-order valence-electron chi connectivity index (χ4n) is 8.60. The number of rotatable bonds is 3. The van der Waals surface area contributed by atoms with Crippen molar-refractivity contribution >= 4 is 25.5 Å². The van der Waals surface area contributed by atoms with E-state index in [4.69, 9.17) is 0 Å². The third-order valence-electron chi connectivity index (χ3n) is 10.5. The van der Waals surface area contributed by atoms with Gasteiger partial charge in [0.05, 0.1) is 15.4 Å². The Bertz CT molecular complexity index is 1300. The van der Waals surface area contributed by atoms with Gasteiger partial charge in [-0.05, 0) is 67.4 Å². The second-order valence-electron chi connectivity index (χ2n) is 12.3. The Morgan fingerprint density at radius 1 is 0.649 bits per heavy atom. The molecule has 202 valence electrons. The van der Waals surface area contributed by atoms with Crippen molar-refractivity contribution in [3.05, 3.63) is 45.9 Å². The van der Waals surface area contributed by atoms with Crippen LogP contribution < -0.4 is 5.11 Å². The summed E-state index contributed by atoms with van der Waals surface area (Å²) >= 11 is 0. The van der Waals surface area contributed by atoms with Crippen molar-refractivity contribution in [3.8, 4) is 0 Å². The first-order valence-electron chi connectivity index (χ1n) is 14.2. The highest BCUT2D eigenvalue weighted by Gasteiger charge is 2.55. The van der Waals surface area contributed by atoms with Crippen molar-refractivity contribution in [1.29, 1.82) is 0 Å². The van der Waals surface area contributed by atoms with Crippen LogP contribution in [0.3, 0.4) is 0 Å². The van der Waals surface area contributed by atoms with Crippen LogP contribution in [0.2, 0.25) is 0 Å². The van der Waals surface area contributed by atoms with Gasteiger partial charge in [-0.15, -0.1) is 5.76 Å². The van der Waals surface area contributed by atoms with Crippen molar-refractivity contribution in [2.24, 2.45) is 35.5 Å². The summed E-state index contributed by atoms with van der Waals surface area (Å²) in [6.07, 6.45) is 18.7. The van der Waals surface area contributed by atoms with E-state index >= 15 is 0 Å². The van der Waals surface area contributed by atoms with Gasteiger partial charge >= 0.3 is 0 Å². The predicted molar refractivity (Wildman–Crippen MR) is 140 cm³/mol. The van der Waals surface area contributed by atoms with Gasteiger partial charge in [0.2, 0.25) is 0 Å². The quantitative estimate of drug-likeness (QED) is 0.389. The average Bonchev–Trinajstić information content (AvgIpc) is 3.19. The monoisotopic (exact) mass is 545 g/mol. The van der Waals surface area contributed by atoms with E-state index in [0.717, 1.165) is 51.4 Å². The molecule has 37 heavy (non-hydrogen) atoms. The Kier molecular flexibility index (Phi) is 6.58. The molecule has 4 aliphatic carbocycles. The lowest BCUT2D eigenvalue weighted by Gasteiger charge is -2.42. The minimum atomic E-state index is -3.66. The van der Waals surface area contributed by atoms with Gasteiger partial charge in [0, 0.05) is 5.92 Å². The largest absolute Gasteiger partial charge is 0.874 e. The minimum Gasteiger partial charge on any atom is -0.874 e. The molecule has 0 bridgehead atoms. The number of sulfone groups is 2. The molecule has 0 aromatic heterocycles. The van der Waals surface area contributed by atoms with Gasteiger partial charge in [-0.3, -0.25) is 4.79 Å². The Labute approximate surface area is 220 Å². The number of allylic oxidation sites excluding steroid dienone is 7. The fraction of sp³-hybridized carbons (Fsp3) is 0.690. The topological polar surface area (TPSA) is 108 Å². The molecule has 0 N–H and O–H groups in total. The summed E-state index contributed by atoms with van der Waals surface area (Å²) in [6, 6.07) is 0. The molecule has 2 aliphatic heterocycles. The standard InChI is InChI=1S/C29H38O6S2/c30-28-22-14-18-8-4-6-10-20(18)16-26(22)36(32,33)24(28)12-2-1-3-13-25-29(31)23-15-19-9-5-7-11-21(19)17-27(23)37(25,34)35/h1-3,12-13,18-23,26-27,30H,4-11,14-17H2/p-1. The Morgan fingerprint density at radius 3 is 1.76 bits per heavy atom. The summed E-state index contributed by atoms with van der Waals surface area (Å²) in [5.41, 5.74) is 0. The number of Topliss-reactive ketones (excluding diaryl/α,β-unsaturated/α-hetero) is 1. The smallest absolute Gasteiger partial charge is 0.185 e. The summed E-state index contributed by atoms with van der Waals surface area (Å²) in [7, 11) is -7.32. The van der Waals surface area contributed by atoms with Crippen molar-refractivity contribution in [3.63, 3.8) is 0 Å². The first-order chi connectivity index (χ1) is 17.7. The van der Waals surface area contributed by atoms with Gasteiger partial charge in [-0.1, -0.05) is 69.6 Å². The highest BCUT2D eigenvalue weighted by molar-refractivity contribution is 7.97. The van der Waals surface area contributed by atoms with Gasteiger partial charge in [-0.25, -0.2) is 16.8 Å². The molecule has 0 amide bonds.